The van der Waals surface area contributed by atoms with Crippen LogP contribution in [0, 0.1) is 6.92 Å². The summed E-state index contributed by atoms with van der Waals surface area (Å²) in [5.74, 6) is 0. The van der Waals surface area contributed by atoms with Gasteiger partial charge in [0.2, 0.25) is 0 Å². The molecule has 0 unspecified atom stereocenters. The highest BCUT2D eigenvalue weighted by atomic mass is 79.9. The van der Waals surface area contributed by atoms with E-state index in [1.165, 1.54) is 17.2 Å². The van der Waals surface area contributed by atoms with E-state index in [-0.39, 0.29) is 10.6 Å². The van der Waals surface area contributed by atoms with Crippen LogP contribution in [0.3, 0.4) is 0 Å². The summed E-state index contributed by atoms with van der Waals surface area (Å²) in [6.45, 7) is 2.68. The van der Waals surface area contributed by atoms with Gasteiger partial charge in [0, 0.05) is 11.9 Å². The zero-order valence-corrected chi connectivity index (χ0v) is 14.8. The molecule has 0 atom stereocenters. The van der Waals surface area contributed by atoms with Gasteiger partial charge in [-0.3, -0.25) is 4.79 Å². The van der Waals surface area contributed by atoms with Crippen molar-refractivity contribution >= 4 is 39.1 Å². The number of aromatic nitrogens is 1. The van der Waals surface area contributed by atoms with Gasteiger partial charge in [-0.15, -0.1) is 0 Å². The van der Waals surface area contributed by atoms with Crippen LogP contribution in [-0.4, -0.2) is 4.57 Å². The molecule has 0 radical (unpaired) electrons. The molecule has 21 heavy (non-hydrogen) atoms. The fourth-order valence-electron chi connectivity index (χ4n) is 2.32. The van der Waals surface area contributed by atoms with Gasteiger partial charge < -0.3 is 4.57 Å². The highest BCUT2D eigenvalue weighted by Crippen LogP contribution is 2.21. The van der Waals surface area contributed by atoms with E-state index in [0.29, 0.717) is 16.9 Å². The van der Waals surface area contributed by atoms with Gasteiger partial charge in [-0.2, -0.15) is 0 Å². The van der Waals surface area contributed by atoms with Crippen molar-refractivity contribution < 1.29 is 0 Å². The van der Waals surface area contributed by atoms with E-state index < -0.39 is 0 Å². The largest absolute Gasteiger partial charge is 0.309 e. The van der Waals surface area contributed by atoms with E-state index in [1.54, 1.807) is 4.57 Å². The van der Waals surface area contributed by atoms with Crippen molar-refractivity contribution in [1.29, 1.82) is 0 Å². The van der Waals surface area contributed by atoms with Crippen LogP contribution >= 0.6 is 39.1 Å². The number of nitrogens with zero attached hydrogens (tertiary/aromatic N) is 1. The van der Waals surface area contributed by atoms with E-state index in [2.05, 4.69) is 47.1 Å². The third-order valence-corrected chi connectivity index (χ3v) is 4.49. The van der Waals surface area contributed by atoms with Crippen LogP contribution in [0.5, 0.6) is 0 Å². The van der Waals surface area contributed by atoms with Crippen LogP contribution in [0.4, 0.5) is 0 Å². The third kappa shape index (κ3) is 4.12. The molecule has 2 rings (SSSR count). The Hall–Kier alpha value is -0.770. The smallest absolute Gasteiger partial charge is 0.269 e. The number of hydrogen-bond acceptors (Lipinski definition) is 1. The second kappa shape index (κ2) is 7.48. The lowest BCUT2D eigenvalue weighted by Crippen LogP contribution is -2.24. The minimum Gasteiger partial charge on any atom is -0.309 e. The number of rotatable bonds is 5. The van der Waals surface area contributed by atoms with Crippen LogP contribution < -0.4 is 5.56 Å². The molecular weight excluding hydrogens is 373 g/mol. The minimum atomic E-state index is -0.181. The van der Waals surface area contributed by atoms with Gasteiger partial charge in [-0.05, 0) is 31.4 Å². The maximum Gasteiger partial charge on any atom is 0.269 e. The van der Waals surface area contributed by atoms with Crippen molar-refractivity contribution in [2.24, 2.45) is 0 Å². The third-order valence-electron chi connectivity index (χ3n) is 3.36. The van der Waals surface area contributed by atoms with E-state index in [4.69, 9.17) is 23.2 Å². The molecule has 0 amide bonds. The van der Waals surface area contributed by atoms with Gasteiger partial charge in [0.15, 0.2) is 0 Å². The first-order valence-corrected chi connectivity index (χ1v) is 8.60. The Labute approximate surface area is 142 Å². The van der Waals surface area contributed by atoms with E-state index >= 15 is 0 Å². The van der Waals surface area contributed by atoms with Crippen molar-refractivity contribution in [3.63, 3.8) is 0 Å². The van der Waals surface area contributed by atoms with Gasteiger partial charge in [-0.25, -0.2) is 0 Å². The number of halogens is 3. The average Bonchev–Trinajstić information content (AvgIpc) is 2.44. The highest BCUT2D eigenvalue weighted by molar-refractivity contribution is 9.08. The maximum absolute atomic E-state index is 12.1. The lowest BCUT2D eigenvalue weighted by Gasteiger charge is -2.13. The molecule has 2 nitrogen and oxygen atoms in total. The second-order valence-electron chi connectivity index (χ2n) is 4.97. The Morgan fingerprint density at radius 1 is 1.19 bits per heavy atom. The van der Waals surface area contributed by atoms with Crippen molar-refractivity contribution in [3.8, 4) is 0 Å². The summed E-state index contributed by atoms with van der Waals surface area (Å²) in [5.41, 5.74) is 3.11. The lowest BCUT2D eigenvalue weighted by molar-refractivity contribution is 0.606. The molecule has 0 saturated heterocycles. The highest BCUT2D eigenvalue weighted by Gasteiger charge is 2.11. The molecule has 1 aromatic heterocycles. The molecule has 0 aliphatic carbocycles. The molecule has 0 aliphatic rings. The summed E-state index contributed by atoms with van der Waals surface area (Å²) < 4.78 is 1.66. The first-order chi connectivity index (χ1) is 10.0. The molecule has 5 heteroatoms. The van der Waals surface area contributed by atoms with Gasteiger partial charge in [0.25, 0.3) is 5.56 Å². The van der Waals surface area contributed by atoms with Gasteiger partial charge in [0.05, 0.1) is 10.7 Å². The van der Waals surface area contributed by atoms with Crippen LogP contribution in [0.2, 0.25) is 10.0 Å². The van der Waals surface area contributed by atoms with Crippen LogP contribution in [0.25, 0.3) is 0 Å². The lowest BCUT2D eigenvalue weighted by atomic mass is 10.1. The van der Waals surface area contributed by atoms with E-state index in [0.717, 1.165) is 18.5 Å². The summed E-state index contributed by atoms with van der Waals surface area (Å²) >= 11 is 15.5. The molecule has 0 bridgehead atoms. The first kappa shape index (κ1) is 16.6. The topological polar surface area (TPSA) is 22.0 Å². The van der Waals surface area contributed by atoms with E-state index in [9.17, 15) is 4.79 Å². The number of alkyl halides is 1. The van der Waals surface area contributed by atoms with Crippen LogP contribution in [0.15, 0.2) is 35.1 Å². The predicted octanol–water partition coefficient (Wildman–Crippen LogP) is 4.99. The van der Waals surface area contributed by atoms with E-state index in [1.807, 2.05) is 0 Å². The Kier molecular flexibility index (Phi) is 5.91. The normalized spacial score (nSPS) is 10.9. The molecule has 1 heterocycles. The molecule has 0 aliphatic heterocycles. The summed E-state index contributed by atoms with van der Waals surface area (Å²) in [7, 11) is 0. The molecule has 0 spiro atoms. The van der Waals surface area contributed by atoms with Crippen molar-refractivity contribution in [2.75, 3.05) is 0 Å². The SMILES string of the molecule is Cc1cccc(CCCn2c(CBr)c(Cl)cc(Cl)c2=O)c1. The average molecular weight is 389 g/mol. The molecule has 0 N–H and O–H groups in total. The summed E-state index contributed by atoms with van der Waals surface area (Å²) in [4.78, 5) is 12.1. The monoisotopic (exact) mass is 387 g/mol. The quantitative estimate of drug-likeness (QED) is 0.661. The number of benzene rings is 1. The van der Waals surface area contributed by atoms with Gasteiger partial charge in [-0.1, -0.05) is 69.0 Å². The number of pyridine rings is 1. The van der Waals surface area contributed by atoms with Crippen molar-refractivity contribution in [3.05, 3.63) is 67.6 Å². The molecule has 112 valence electrons. The summed E-state index contributed by atoms with van der Waals surface area (Å²) in [6, 6.07) is 9.91. The molecular formula is C16H16BrCl2NO. The zero-order valence-electron chi connectivity index (χ0n) is 11.7. The Morgan fingerprint density at radius 2 is 1.95 bits per heavy atom. The standard InChI is InChI=1S/C16H16BrCl2NO/c1-11-4-2-5-12(8-11)6-3-7-20-15(10-17)13(18)9-14(19)16(20)21/h2,4-5,8-9H,3,6-7,10H2,1H3. The molecule has 1 aromatic carbocycles. The minimum absolute atomic E-state index is 0.167. The van der Waals surface area contributed by atoms with Crippen molar-refractivity contribution in [2.45, 2.75) is 31.6 Å². The zero-order chi connectivity index (χ0) is 15.4. The fraction of sp³-hybridized carbons (Fsp3) is 0.312. The Morgan fingerprint density at radius 3 is 2.62 bits per heavy atom. The number of aryl methyl sites for hydroxylation is 2. The van der Waals surface area contributed by atoms with Gasteiger partial charge >= 0.3 is 0 Å². The summed E-state index contributed by atoms with van der Waals surface area (Å²) in [6.07, 6.45) is 1.78. The number of hydrogen-bond donors (Lipinski definition) is 0. The van der Waals surface area contributed by atoms with Crippen LogP contribution in [-0.2, 0) is 18.3 Å². The summed E-state index contributed by atoms with van der Waals surface area (Å²) in [5, 5.41) is 1.22. The molecule has 0 saturated carbocycles. The Bertz CT molecular complexity index is 697. The molecule has 2 aromatic rings. The fourth-order valence-corrected chi connectivity index (χ4v) is 3.63. The Balaban J connectivity index is 2.15. The predicted molar refractivity (Wildman–Crippen MR) is 92.9 cm³/mol. The molecule has 0 fully saturated rings. The van der Waals surface area contributed by atoms with Crippen LogP contribution in [0.1, 0.15) is 23.2 Å². The van der Waals surface area contributed by atoms with Crippen molar-refractivity contribution in [1.82, 2.24) is 4.57 Å². The maximum atomic E-state index is 12.1. The second-order valence-corrected chi connectivity index (χ2v) is 6.35. The first-order valence-electron chi connectivity index (χ1n) is 6.72. The van der Waals surface area contributed by atoms with Gasteiger partial charge in [0.1, 0.15) is 5.02 Å².